The predicted octanol–water partition coefficient (Wildman–Crippen LogP) is 7.26. The number of rotatable bonds is 24. The van der Waals surface area contributed by atoms with E-state index < -0.39 is 5.79 Å². The first-order chi connectivity index (χ1) is 15.6. The molecule has 1 atom stereocenters. The molecule has 0 aliphatic carbocycles. The fraction of sp³-hybridized carbons (Fsp3) is 0.963. The van der Waals surface area contributed by atoms with Crippen molar-refractivity contribution >= 4 is 16.5 Å². The zero-order valence-corrected chi connectivity index (χ0v) is 24.4. The molecule has 0 saturated heterocycles. The smallest absolute Gasteiger partial charge is 0.353 e. The molecule has 192 valence electrons. The summed E-state index contributed by atoms with van der Waals surface area (Å²) < 4.78 is 17.3. The molecule has 0 aliphatic rings. The Morgan fingerprint density at radius 2 is 0.969 bits per heavy atom. The fourth-order valence-electron chi connectivity index (χ4n) is 4.71. The summed E-state index contributed by atoms with van der Waals surface area (Å²) in [4.78, 5) is 12.8. The van der Waals surface area contributed by atoms with E-state index in [2.05, 4.69) is 13.8 Å². The molecule has 0 heterocycles. The fourth-order valence-corrected chi connectivity index (χ4v) is 4.99. The van der Waals surface area contributed by atoms with Crippen LogP contribution in [0.1, 0.15) is 143 Å². The van der Waals surface area contributed by atoms with Crippen molar-refractivity contribution in [3.05, 3.63) is 0 Å². The van der Waals surface area contributed by atoms with Crippen molar-refractivity contribution in [1.29, 1.82) is 0 Å². The molecule has 0 bridgehead atoms. The molecule has 0 aromatic heterocycles. The maximum atomic E-state index is 12.8. The first kappa shape index (κ1) is 31.6. The third-order valence-electron chi connectivity index (χ3n) is 6.54. The van der Waals surface area contributed by atoms with E-state index in [0.29, 0.717) is 23.7 Å². The predicted molar refractivity (Wildman–Crippen MR) is 140 cm³/mol. The summed E-state index contributed by atoms with van der Waals surface area (Å²) in [6.07, 6.45) is 22.9. The van der Waals surface area contributed by atoms with Crippen molar-refractivity contribution in [2.45, 2.75) is 149 Å². The zero-order valence-electron chi connectivity index (χ0n) is 22.4. The van der Waals surface area contributed by atoms with Gasteiger partial charge in [0.25, 0.3) is 5.79 Å². The highest BCUT2D eigenvalue weighted by molar-refractivity contribution is 6.06. The molecule has 0 aromatic rings. The normalized spacial score (nSPS) is 12.9. The van der Waals surface area contributed by atoms with Gasteiger partial charge in [-0.1, -0.05) is 117 Å². The van der Waals surface area contributed by atoms with Crippen LogP contribution in [0.5, 0.6) is 0 Å². The van der Waals surface area contributed by atoms with Crippen LogP contribution < -0.4 is 0 Å². The van der Waals surface area contributed by atoms with Crippen LogP contribution in [0, 0.1) is 5.92 Å². The first-order valence-corrected chi connectivity index (χ1v) is 14.8. The van der Waals surface area contributed by atoms with Gasteiger partial charge in [-0.15, -0.1) is 0 Å². The molecule has 1 unspecified atom stereocenters. The summed E-state index contributed by atoms with van der Waals surface area (Å²) in [6.45, 7) is 9.27. The lowest BCUT2D eigenvalue weighted by Crippen LogP contribution is -2.52. The SMILES string of the molecule is CCCCCCCCCCCCCCCC(CCCCC)C(OCC)(OCC)C(=O)O[SiH3]. The lowest BCUT2D eigenvalue weighted by atomic mass is 9.86. The van der Waals surface area contributed by atoms with E-state index in [-0.39, 0.29) is 11.9 Å². The van der Waals surface area contributed by atoms with Gasteiger partial charge in [0.05, 0.1) is 0 Å². The Bertz CT molecular complexity index is 410. The highest BCUT2D eigenvalue weighted by Crippen LogP contribution is 2.34. The van der Waals surface area contributed by atoms with Crippen molar-refractivity contribution in [1.82, 2.24) is 0 Å². The molecule has 5 heteroatoms. The molecule has 0 spiro atoms. The van der Waals surface area contributed by atoms with E-state index in [0.717, 1.165) is 25.7 Å². The average Bonchev–Trinajstić information content (AvgIpc) is 2.80. The highest BCUT2D eigenvalue weighted by atomic mass is 28.2. The van der Waals surface area contributed by atoms with Crippen molar-refractivity contribution < 1.29 is 18.7 Å². The Labute approximate surface area is 203 Å². The summed E-state index contributed by atoms with van der Waals surface area (Å²) in [5.74, 6) is -1.46. The number of ether oxygens (including phenoxy) is 2. The number of carbonyl (C=O) groups is 1. The van der Waals surface area contributed by atoms with Crippen LogP contribution in [0.3, 0.4) is 0 Å². The molecular formula is C27H56O4Si. The minimum absolute atomic E-state index is 0.0723. The minimum atomic E-state index is -1.21. The van der Waals surface area contributed by atoms with Gasteiger partial charge in [-0.3, -0.25) is 0 Å². The lowest BCUT2D eigenvalue weighted by molar-refractivity contribution is -0.263. The van der Waals surface area contributed by atoms with E-state index in [4.69, 9.17) is 13.9 Å². The molecule has 0 radical (unpaired) electrons. The first-order valence-electron chi connectivity index (χ1n) is 14.0. The topological polar surface area (TPSA) is 44.8 Å². The molecule has 32 heavy (non-hydrogen) atoms. The van der Waals surface area contributed by atoms with Gasteiger partial charge in [-0.05, 0) is 26.7 Å². The molecule has 0 amide bonds. The maximum Gasteiger partial charge on any atom is 0.353 e. The largest absolute Gasteiger partial charge is 0.525 e. The van der Waals surface area contributed by atoms with E-state index in [1.165, 1.54) is 89.9 Å². The summed E-state index contributed by atoms with van der Waals surface area (Å²) >= 11 is 0. The quantitative estimate of drug-likeness (QED) is 0.0842. The minimum Gasteiger partial charge on any atom is -0.525 e. The molecule has 0 aromatic carbocycles. The average molecular weight is 473 g/mol. The third-order valence-corrected chi connectivity index (χ3v) is 6.91. The Hall–Kier alpha value is -0.393. The van der Waals surface area contributed by atoms with Crippen molar-refractivity contribution in [2.75, 3.05) is 13.2 Å². The monoisotopic (exact) mass is 472 g/mol. The van der Waals surface area contributed by atoms with Crippen LogP contribution in [-0.2, 0) is 18.7 Å². The summed E-state index contributed by atoms with van der Waals surface area (Å²) in [5.41, 5.74) is 0. The van der Waals surface area contributed by atoms with Crippen molar-refractivity contribution in [3.63, 3.8) is 0 Å². The number of unbranched alkanes of at least 4 members (excludes halogenated alkanes) is 14. The van der Waals surface area contributed by atoms with E-state index in [1.54, 1.807) is 0 Å². The van der Waals surface area contributed by atoms with Crippen molar-refractivity contribution in [3.8, 4) is 0 Å². The van der Waals surface area contributed by atoms with E-state index in [1.807, 2.05) is 13.8 Å². The van der Waals surface area contributed by atoms with Crippen LogP contribution in [0.15, 0.2) is 0 Å². The zero-order chi connectivity index (χ0) is 23.9. The summed E-state index contributed by atoms with van der Waals surface area (Å²) in [7, 11) is 0.367. The van der Waals surface area contributed by atoms with Gasteiger partial charge in [-0.25, -0.2) is 4.79 Å². The maximum absolute atomic E-state index is 12.8. The second kappa shape index (κ2) is 22.4. The van der Waals surface area contributed by atoms with Crippen LogP contribution >= 0.6 is 0 Å². The van der Waals surface area contributed by atoms with Gasteiger partial charge in [0.15, 0.2) is 0 Å². The molecule has 0 saturated carbocycles. The van der Waals surface area contributed by atoms with Gasteiger partial charge in [0.1, 0.15) is 0 Å². The second-order valence-corrected chi connectivity index (χ2v) is 9.66. The molecular weight excluding hydrogens is 416 g/mol. The van der Waals surface area contributed by atoms with Gasteiger partial charge in [0, 0.05) is 19.1 Å². The second-order valence-electron chi connectivity index (χ2n) is 9.25. The van der Waals surface area contributed by atoms with Crippen molar-refractivity contribution in [2.24, 2.45) is 5.92 Å². The molecule has 0 aliphatic heterocycles. The van der Waals surface area contributed by atoms with Crippen LogP contribution in [0.25, 0.3) is 0 Å². The summed E-state index contributed by atoms with van der Waals surface area (Å²) in [6, 6.07) is 0. The Morgan fingerprint density at radius 3 is 1.34 bits per heavy atom. The Kier molecular flexibility index (Phi) is 22.1. The Morgan fingerprint density at radius 1 is 0.625 bits per heavy atom. The van der Waals surface area contributed by atoms with Gasteiger partial charge in [-0.2, -0.15) is 0 Å². The van der Waals surface area contributed by atoms with Crippen LogP contribution in [0.4, 0.5) is 0 Å². The number of carbonyl (C=O) groups excluding carboxylic acids is 1. The standard InChI is InChI=1S/C27H56O4Si/c1-5-9-11-12-13-14-15-16-17-18-19-20-22-24-25(23-21-10-6-2)27(29-7-3,30-8-4)26(28)31-32/h25H,5-24H2,1-4,32H3. The van der Waals surface area contributed by atoms with Crippen LogP contribution in [-0.4, -0.2) is 35.5 Å². The van der Waals surface area contributed by atoms with E-state index >= 15 is 0 Å². The van der Waals surface area contributed by atoms with E-state index in [9.17, 15) is 4.79 Å². The molecule has 0 fully saturated rings. The van der Waals surface area contributed by atoms with Gasteiger partial charge >= 0.3 is 5.97 Å². The summed E-state index contributed by atoms with van der Waals surface area (Å²) in [5, 5.41) is 0. The number of hydrogen-bond acceptors (Lipinski definition) is 4. The molecule has 4 nitrogen and oxygen atoms in total. The van der Waals surface area contributed by atoms with Gasteiger partial charge < -0.3 is 13.9 Å². The third kappa shape index (κ3) is 14.0. The number of hydrogen-bond donors (Lipinski definition) is 0. The van der Waals surface area contributed by atoms with Gasteiger partial charge in [0.2, 0.25) is 10.5 Å². The van der Waals surface area contributed by atoms with Crippen LogP contribution in [0.2, 0.25) is 0 Å². The molecule has 0 N–H and O–H groups in total. The molecule has 0 rings (SSSR count). The lowest BCUT2D eigenvalue weighted by Gasteiger charge is -2.37. The Balaban J connectivity index is 4.37. The highest BCUT2D eigenvalue weighted by Gasteiger charge is 2.48.